The average Bonchev–Trinajstić information content (AvgIpc) is 3.67. The Kier molecular flexibility index (Phi) is 18.7. The van der Waals surface area contributed by atoms with Crippen LogP contribution >= 0.6 is 0 Å². The van der Waals surface area contributed by atoms with Gasteiger partial charge in [-0.15, -0.1) is 6.58 Å². The summed E-state index contributed by atoms with van der Waals surface area (Å²) in [4.78, 5) is 32.9. The van der Waals surface area contributed by atoms with Crippen molar-refractivity contribution < 1.29 is 24.2 Å². The molecule has 324 valence electrons. The number of hydrogen-bond acceptors (Lipinski definition) is 6. The van der Waals surface area contributed by atoms with E-state index in [1.165, 1.54) is 76.8 Å². The Bertz CT molecular complexity index is 1560. The van der Waals surface area contributed by atoms with Crippen molar-refractivity contribution in [2.45, 2.75) is 138 Å². The fourth-order valence-corrected chi connectivity index (χ4v) is 13.0. The van der Waals surface area contributed by atoms with Gasteiger partial charge in [-0.05, 0) is 159 Å². The highest BCUT2D eigenvalue weighted by molar-refractivity contribution is 5.94. The molecule has 9 atom stereocenters. The van der Waals surface area contributed by atoms with Crippen molar-refractivity contribution in [1.82, 2.24) is 10.6 Å². The van der Waals surface area contributed by atoms with Gasteiger partial charge >= 0.3 is 6.09 Å². The fourth-order valence-electron chi connectivity index (χ4n) is 13.0. The number of aliphatic hydroxyl groups excluding tert-OH is 1. The third kappa shape index (κ3) is 10.4. The molecule has 2 aromatic rings. The van der Waals surface area contributed by atoms with Crippen LogP contribution < -0.4 is 16.4 Å². The Morgan fingerprint density at radius 2 is 1.40 bits per heavy atom. The lowest BCUT2D eigenvalue weighted by Crippen LogP contribution is -2.63. The maximum absolute atomic E-state index is 12.9. The Labute approximate surface area is 351 Å². The van der Waals surface area contributed by atoms with Crippen LogP contribution in [0.3, 0.4) is 0 Å². The standard InChI is InChI=1S/C43H60N2O4.C3H6.C2H6.CH5N.CH2O/c1-40(2)35-19-22-41(3)33-18-24-43(21-8-11-34(43)32(33)16-17-36(41)42(35,4)23-20-37(40)46)27-29-12-14-31(15-13-29)38(47)44-25-26-45-39(48)49-28-30-9-6-5-7-10-30;1-3-2;3*1-2/h5-7,9-10,12-15,32-37,46H,8,11,16-28H2,1-4H3,(H,44,47)(H,45,48);3H,1H2,2H3;1-2H3;2H2,1H3;1H2. The van der Waals surface area contributed by atoms with Crippen LogP contribution in [0.25, 0.3) is 0 Å². The number of carbonyl (C=O) groups excluding carboxylic acids is 3. The van der Waals surface area contributed by atoms with E-state index in [0.717, 1.165) is 42.1 Å². The van der Waals surface area contributed by atoms with Crippen molar-refractivity contribution in [2.75, 3.05) is 20.1 Å². The van der Waals surface area contributed by atoms with E-state index in [1.54, 1.807) is 6.08 Å². The van der Waals surface area contributed by atoms with Crippen molar-refractivity contribution in [3.05, 3.63) is 83.9 Å². The molecule has 2 amide bonds. The SMILES string of the molecule is C=CC.C=O.CC.CC1(C)C(O)CCC2(C)C1CCC1(C)C3CCC4(Cc5ccc(C(=O)NCCNC(=O)OCc6ccccc6)cc5)CCCC4C3CCC12.CN. The van der Waals surface area contributed by atoms with E-state index in [-0.39, 0.29) is 24.0 Å². The number of benzene rings is 2. The van der Waals surface area contributed by atoms with Crippen LogP contribution in [-0.4, -0.2) is 50.1 Å². The maximum Gasteiger partial charge on any atom is 0.407 e. The zero-order chi connectivity index (χ0) is 43.1. The van der Waals surface area contributed by atoms with Crippen LogP contribution in [0.1, 0.15) is 141 Å². The molecule has 5 aliphatic rings. The Morgan fingerprint density at radius 1 is 0.776 bits per heavy atom. The van der Waals surface area contributed by atoms with Crippen LogP contribution in [0.4, 0.5) is 4.79 Å². The predicted octanol–water partition coefficient (Wildman–Crippen LogP) is 10.3. The minimum absolute atomic E-state index is 0.0182. The highest BCUT2D eigenvalue weighted by atomic mass is 16.5. The molecule has 8 nitrogen and oxygen atoms in total. The van der Waals surface area contributed by atoms with Gasteiger partial charge < -0.3 is 31.0 Å². The number of nitrogens with two attached hydrogens (primary N) is 1. The van der Waals surface area contributed by atoms with Crippen LogP contribution in [-0.2, 0) is 22.6 Å². The highest BCUT2D eigenvalue weighted by Gasteiger charge is 2.66. The minimum atomic E-state index is -0.487. The number of fused-ring (bicyclic) bond motifs is 7. The number of ether oxygens (including phenoxy) is 1. The van der Waals surface area contributed by atoms with E-state index in [0.29, 0.717) is 40.8 Å². The molecule has 0 saturated heterocycles. The Morgan fingerprint density at radius 3 is 2.05 bits per heavy atom. The monoisotopic (exact) mass is 802 g/mol. The van der Waals surface area contributed by atoms with Gasteiger partial charge in [-0.1, -0.05) is 96.5 Å². The molecule has 9 unspecified atom stereocenters. The number of nitrogens with one attached hydrogen (secondary N) is 2. The lowest BCUT2D eigenvalue weighted by Gasteiger charge is -2.69. The molecule has 0 aromatic heterocycles. The molecule has 58 heavy (non-hydrogen) atoms. The van der Waals surface area contributed by atoms with Crippen LogP contribution in [0, 0.1) is 51.2 Å². The molecular weight excluding hydrogens is 723 g/mol. The van der Waals surface area contributed by atoms with Crippen molar-refractivity contribution in [2.24, 2.45) is 57.0 Å². The van der Waals surface area contributed by atoms with E-state index >= 15 is 0 Å². The molecule has 0 heterocycles. The van der Waals surface area contributed by atoms with Gasteiger partial charge in [-0.2, -0.15) is 0 Å². The van der Waals surface area contributed by atoms with Crippen molar-refractivity contribution in [3.63, 3.8) is 0 Å². The molecule has 0 radical (unpaired) electrons. The molecule has 8 heteroatoms. The molecule has 0 aliphatic heterocycles. The molecule has 5 saturated carbocycles. The molecule has 2 aromatic carbocycles. The van der Waals surface area contributed by atoms with E-state index in [9.17, 15) is 14.7 Å². The van der Waals surface area contributed by atoms with Gasteiger partial charge in [-0.3, -0.25) is 4.79 Å². The highest BCUT2D eigenvalue weighted by Crippen LogP contribution is 2.73. The second-order valence-electron chi connectivity index (χ2n) is 18.3. The second kappa shape index (κ2) is 22.2. The quantitative estimate of drug-likeness (QED) is 0.155. The largest absolute Gasteiger partial charge is 0.445 e. The second-order valence-corrected chi connectivity index (χ2v) is 18.3. The van der Waals surface area contributed by atoms with Crippen LogP contribution in [0.2, 0.25) is 0 Å². The first kappa shape index (κ1) is 48.9. The summed E-state index contributed by atoms with van der Waals surface area (Å²) < 4.78 is 5.24. The fraction of sp³-hybridized carbons (Fsp3) is 0.660. The van der Waals surface area contributed by atoms with Gasteiger partial charge in [0.15, 0.2) is 0 Å². The summed E-state index contributed by atoms with van der Waals surface area (Å²) in [6, 6.07) is 17.9. The van der Waals surface area contributed by atoms with Gasteiger partial charge in [-0.25, -0.2) is 4.79 Å². The van der Waals surface area contributed by atoms with E-state index in [2.05, 4.69) is 62.8 Å². The number of hydrogen-bond donors (Lipinski definition) is 4. The van der Waals surface area contributed by atoms with Crippen molar-refractivity contribution in [1.29, 1.82) is 0 Å². The zero-order valence-electron chi connectivity index (χ0n) is 37.4. The first-order valence-electron chi connectivity index (χ1n) is 22.3. The molecule has 0 spiro atoms. The minimum Gasteiger partial charge on any atom is -0.445 e. The summed E-state index contributed by atoms with van der Waals surface area (Å²) in [5.74, 6) is 3.78. The molecule has 5 N–H and O–H groups in total. The first-order chi connectivity index (χ1) is 27.9. The Hall–Kier alpha value is -3.49. The smallest absolute Gasteiger partial charge is 0.407 e. The third-order valence-corrected chi connectivity index (χ3v) is 15.3. The number of rotatable bonds is 8. The summed E-state index contributed by atoms with van der Waals surface area (Å²) >= 11 is 0. The third-order valence-electron chi connectivity index (χ3n) is 15.3. The number of allylic oxidation sites excluding steroid dienone is 1. The maximum atomic E-state index is 12.9. The molecule has 7 rings (SSSR count). The summed E-state index contributed by atoms with van der Waals surface area (Å²) in [6.45, 7) is 22.2. The van der Waals surface area contributed by atoms with Gasteiger partial charge in [0.05, 0.1) is 6.10 Å². The number of aliphatic hydroxyl groups is 1. The summed E-state index contributed by atoms with van der Waals surface area (Å²) in [6.07, 6.45) is 16.6. The lowest BCUT2D eigenvalue weighted by molar-refractivity contribution is -0.214. The summed E-state index contributed by atoms with van der Waals surface area (Å²) in [5.41, 5.74) is 8.65. The molecule has 5 aliphatic carbocycles. The van der Waals surface area contributed by atoms with Gasteiger partial charge in [0, 0.05) is 18.7 Å². The van der Waals surface area contributed by atoms with Gasteiger partial charge in [0.25, 0.3) is 5.91 Å². The summed E-state index contributed by atoms with van der Waals surface area (Å²) in [5, 5.41) is 16.6. The molecule has 5 fully saturated rings. The van der Waals surface area contributed by atoms with Crippen molar-refractivity contribution >= 4 is 18.8 Å². The van der Waals surface area contributed by atoms with Gasteiger partial charge in [0.1, 0.15) is 13.4 Å². The van der Waals surface area contributed by atoms with E-state index in [4.69, 9.17) is 9.53 Å². The first-order valence-corrected chi connectivity index (χ1v) is 22.3. The number of carbonyl (C=O) groups is 3. The van der Waals surface area contributed by atoms with Crippen LogP contribution in [0.15, 0.2) is 67.3 Å². The lowest BCUT2D eigenvalue weighted by atomic mass is 9.36. The summed E-state index contributed by atoms with van der Waals surface area (Å²) in [7, 11) is 1.50. The number of amides is 2. The molecule has 0 bridgehead atoms. The zero-order valence-corrected chi connectivity index (χ0v) is 37.4. The van der Waals surface area contributed by atoms with Crippen molar-refractivity contribution in [3.8, 4) is 0 Å². The topological polar surface area (TPSA) is 131 Å². The van der Waals surface area contributed by atoms with Crippen LogP contribution in [0.5, 0.6) is 0 Å². The van der Waals surface area contributed by atoms with E-state index < -0.39 is 6.09 Å². The average molecular weight is 802 g/mol. The molecular formula is C50H79N3O5. The van der Waals surface area contributed by atoms with Gasteiger partial charge in [0.2, 0.25) is 0 Å². The Balaban J connectivity index is 0.000000930. The van der Waals surface area contributed by atoms with E-state index in [1.807, 2.05) is 70.0 Å². The predicted molar refractivity (Wildman–Crippen MR) is 238 cm³/mol. The number of alkyl carbamates (subject to hydrolysis) is 1. The normalized spacial score (nSPS) is 32.2.